The van der Waals surface area contributed by atoms with Gasteiger partial charge in [-0.25, -0.2) is 0 Å². The quantitative estimate of drug-likeness (QED) is 0.122. The van der Waals surface area contributed by atoms with Gasteiger partial charge in [0.25, 0.3) is 0 Å². The smallest absolute Gasteiger partial charge is 0.0541 e. The average Bonchev–Trinajstić information content (AvgIpc) is 2.55. The molecule has 0 atom stereocenters. The Morgan fingerprint density at radius 3 is 1.10 bits per heavy atom. The zero-order chi connectivity index (χ0) is 57.9. The van der Waals surface area contributed by atoms with E-state index in [2.05, 4.69) is 306 Å². The highest BCUT2D eigenvalue weighted by Crippen LogP contribution is 2.54. The molecule has 1 heteroatoms. The monoisotopic (exact) mass is 1080 g/mol. The molecule has 0 amide bonds. The first-order valence-corrected chi connectivity index (χ1v) is 30.4. The van der Waals surface area contributed by atoms with E-state index in [0.29, 0.717) is 0 Å². The van der Waals surface area contributed by atoms with E-state index in [9.17, 15) is 0 Å². The fourth-order valence-corrected chi connectivity index (χ4v) is 14.4. The van der Waals surface area contributed by atoms with Gasteiger partial charge < -0.3 is 4.57 Å². The van der Waals surface area contributed by atoms with Crippen LogP contribution in [-0.4, -0.2) is 4.57 Å². The van der Waals surface area contributed by atoms with Crippen molar-refractivity contribution in [3.8, 4) is 39.1 Å². The van der Waals surface area contributed by atoms with Crippen molar-refractivity contribution in [1.29, 1.82) is 0 Å². The second-order valence-corrected chi connectivity index (χ2v) is 28.5. The van der Waals surface area contributed by atoms with Crippen molar-refractivity contribution in [2.24, 2.45) is 0 Å². The molecule has 0 bridgehead atoms. The van der Waals surface area contributed by atoms with E-state index in [1.807, 2.05) is 0 Å². The maximum absolute atomic E-state index is 2.61. The number of hydrogen-bond donors (Lipinski definition) is 0. The largest absolute Gasteiger partial charge is 0.309 e. The molecule has 0 aliphatic heterocycles. The van der Waals surface area contributed by atoms with E-state index in [1.165, 1.54) is 159 Å². The van der Waals surface area contributed by atoms with Gasteiger partial charge in [-0.15, -0.1) is 0 Å². The first kappa shape index (κ1) is 52.1. The zero-order valence-corrected chi connectivity index (χ0v) is 50.8. The predicted octanol–water partition coefficient (Wildman–Crippen LogP) is 23.4. The molecule has 0 radical (unpaired) electrons. The van der Waals surface area contributed by atoms with Crippen molar-refractivity contribution in [1.82, 2.24) is 4.57 Å². The van der Waals surface area contributed by atoms with Crippen LogP contribution in [0.4, 0.5) is 0 Å². The number of nitrogens with zero attached hydrogens (tertiary/aromatic N) is 1. The molecule has 0 spiro atoms. The molecule has 1 aliphatic rings. The Bertz CT molecular complexity index is 4970. The molecule has 1 nitrogen and oxygen atoms in total. The van der Waals surface area contributed by atoms with Gasteiger partial charge in [0, 0.05) is 22.4 Å². The SMILES string of the molecule is CC(C)(C)c1ccc2c(c1)-c1cc(C(C)(C)C)ccc1C2c1ccc2c(-c3cc4ccccc4c4ccccc34)c3cc(-n4c5ccc(C(C)(C)C)cc5c5cc(C(C)(C)C)ccc54)ccc3c(-c3cc4ccccc4c4ccccc34)c2c1. The summed E-state index contributed by atoms with van der Waals surface area (Å²) in [4.78, 5) is 0. The Morgan fingerprint density at radius 2 is 0.643 bits per heavy atom. The van der Waals surface area contributed by atoms with Crippen LogP contribution in [0.3, 0.4) is 0 Å². The van der Waals surface area contributed by atoms with Crippen molar-refractivity contribution < 1.29 is 0 Å². The molecule has 0 fully saturated rings. The van der Waals surface area contributed by atoms with Gasteiger partial charge in [0.1, 0.15) is 0 Å². The van der Waals surface area contributed by atoms with Gasteiger partial charge in [0.15, 0.2) is 0 Å². The number of aromatic nitrogens is 1. The maximum Gasteiger partial charge on any atom is 0.0541 e. The van der Waals surface area contributed by atoms with Gasteiger partial charge in [0.2, 0.25) is 0 Å². The number of fused-ring (bicyclic) bond motifs is 14. The van der Waals surface area contributed by atoms with E-state index in [0.717, 1.165) is 5.69 Å². The van der Waals surface area contributed by atoms with Crippen LogP contribution in [0.5, 0.6) is 0 Å². The fourth-order valence-electron chi connectivity index (χ4n) is 14.4. The third-order valence-corrected chi connectivity index (χ3v) is 19.0. The van der Waals surface area contributed by atoms with Crippen LogP contribution in [0, 0.1) is 0 Å². The van der Waals surface area contributed by atoms with Crippen LogP contribution in [-0.2, 0) is 21.7 Å². The van der Waals surface area contributed by atoms with Crippen molar-refractivity contribution in [2.45, 2.75) is 111 Å². The van der Waals surface area contributed by atoms with E-state index in [-0.39, 0.29) is 27.6 Å². The lowest BCUT2D eigenvalue weighted by molar-refractivity contribution is 0.589. The van der Waals surface area contributed by atoms with E-state index >= 15 is 0 Å². The Morgan fingerprint density at radius 1 is 0.262 bits per heavy atom. The second-order valence-electron chi connectivity index (χ2n) is 28.5. The second kappa shape index (κ2) is 18.4. The summed E-state index contributed by atoms with van der Waals surface area (Å²) in [7, 11) is 0. The van der Waals surface area contributed by atoms with Gasteiger partial charge in [-0.3, -0.25) is 0 Å². The lowest BCUT2D eigenvalue weighted by atomic mass is 9.80. The molecule has 1 aromatic heterocycles. The number of hydrogen-bond acceptors (Lipinski definition) is 0. The Hall–Kier alpha value is -8.78. The van der Waals surface area contributed by atoms with Crippen LogP contribution in [0.15, 0.2) is 218 Å². The molecule has 84 heavy (non-hydrogen) atoms. The molecule has 13 aromatic carbocycles. The highest BCUT2D eigenvalue weighted by atomic mass is 15.0. The molecule has 14 aromatic rings. The fraction of sp³-hybridized carbons (Fsp3) is 0.205. The van der Waals surface area contributed by atoms with E-state index < -0.39 is 0 Å². The first-order chi connectivity index (χ1) is 40.2. The third-order valence-electron chi connectivity index (χ3n) is 19.0. The Balaban J connectivity index is 1.11. The summed E-state index contributed by atoms with van der Waals surface area (Å²) < 4.78 is 2.55. The van der Waals surface area contributed by atoms with Crippen LogP contribution in [0.25, 0.3) is 126 Å². The minimum Gasteiger partial charge on any atom is -0.309 e. The maximum atomic E-state index is 2.61. The van der Waals surface area contributed by atoms with Gasteiger partial charge in [-0.1, -0.05) is 247 Å². The molecule has 1 aliphatic carbocycles. The van der Waals surface area contributed by atoms with Crippen LogP contribution in [0.2, 0.25) is 0 Å². The molecule has 410 valence electrons. The molecule has 0 saturated heterocycles. The van der Waals surface area contributed by atoms with Gasteiger partial charge in [-0.05, 0) is 213 Å². The summed E-state index contributed by atoms with van der Waals surface area (Å²) in [6.07, 6.45) is 0. The Labute approximate surface area is 495 Å². The van der Waals surface area contributed by atoms with Crippen LogP contribution in [0.1, 0.15) is 128 Å². The molecule has 15 rings (SSSR count). The summed E-state index contributed by atoms with van der Waals surface area (Å²) in [6, 6.07) is 85.4. The van der Waals surface area contributed by atoms with Crippen molar-refractivity contribution in [3.05, 3.63) is 257 Å². The third kappa shape index (κ3) is 8.09. The number of benzene rings is 13. The summed E-state index contributed by atoms with van der Waals surface area (Å²) in [5, 5.41) is 17.6. The summed E-state index contributed by atoms with van der Waals surface area (Å²) in [6.45, 7) is 28.0. The van der Waals surface area contributed by atoms with Gasteiger partial charge in [-0.2, -0.15) is 0 Å². The van der Waals surface area contributed by atoms with E-state index in [4.69, 9.17) is 0 Å². The van der Waals surface area contributed by atoms with Gasteiger partial charge in [0.05, 0.1) is 11.0 Å². The molecule has 1 heterocycles. The molecular formula is C83H73N. The normalized spacial score (nSPS) is 13.4. The standard InChI is InChI=1S/C83H73N/c1-80(2,3)52-30-36-63-67(44-52)68-45-53(81(4,5)6)31-37-64(68)77(63)51-29-35-65-73(43-51)78(71-41-49-21-13-15-23-57(49)59-25-17-19-27-61(59)71)66-38-34-56(48-74(66)79(65)72-42-50-22-14-16-24-58(50)60-26-18-20-28-62(60)72)84-75-39-32-54(82(7,8)9)46-69(75)70-47-55(83(10,11)12)33-40-76(70)84/h13-48,77H,1-12H3. The zero-order valence-electron chi connectivity index (χ0n) is 50.8. The minimum absolute atomic E-state index is 0.00673. The predicted molar refractivity (Wildman–Crippen MR) is 364 cm³/mol. The molecule has 0 unspecified atom stereocenters. The lowest BCUT2D eigenvalue weighted by Gasteiger charge is -2.24. The van der Waals surface area contributed by atoms with Gasteiger partial charge >= 0.3 is 0 Å². The highest BCUT2D eigenvalue weighted by Gasteiger charge is 2.34. The molecule has 0 N–H and O–H groups in total. The van der Waals surface area contributed by atoms with E-state index in [1.54, 1.807) is 0 Å². The average molecular weight is 1080 g/mol. The van der Waals surface area contributed by atoms with Crippen molar-refractivity contribution in [3.63, 3.8) is 0 Å². The number of rotatable bonds is 4. The first-order valence-electron chi connectivity index (χ1n) is 30.4. The van der Waals surface area contributed by atoms with Crippen LogP contribution >= 0.6 is 0 Å². The topological polar surface area (TPSA) is 4.93 Å². The van der Waals surface area contributed by atoms with Crippen molar-refractivity contribution >= 4 is 86.4 Å². The molecular weight excluding hydrogens is 1010 g/mol. The Kier molecular flexibility index (Phi) is 11.4. The summed E-state index contributed by atoms with van der Waals surface area (Å²) >= 11 is 0. The lowest BCUT2D eigenvalue weighted by Crippen LogP contribution is -2.11. The minimum atomic E-state index is -0.00883. The van der Waals surface area contributed by atoms with Crippen LogP contribution < -0.4 is 0 Å². The van der Waals surface area contributed by atoms with Crippen molar-refractivity contribution in [2.75, 3.05) is 0 Å². The highest BCUT2D eigenvalue weighted by molar-refractivity contribution is 6.29. The molecule has 0 saturated carbocycles. The summed E-state index contributed by atoms with van der Waals surface area (Å²) in [5.41, 5.74) is 20.8. The summed E-state index contributed by atoms with van der Waals surface area (Å²) in [5.74, 6) is 0.0413.